The van der Waals surface area contributed by atoms with Gasteiger partial charge in [-0.2, -0.15) is 10.5 Å². The van der Waals surface area contributed by atoms with E-state index in [9.17, 15) is 10.5 Å². The highest BCUT2D eigenvalue weighted by Crippen LogP contribution is 2.43. The number of hydrogen-bond acceptors (Lipinski definition) is 4. The van der Waals surface area contributed by atoms with E-state index in [1.165, 1.54) is 11.1 Å². The normalized spacial score (nSPS) is 10.4. The molecule has 0 heterocycles. The van der Waals surface area contributed by atoms with Crippen molar-refractivity contribution in [3.63, 3.8) is 0 Å². The monoisotopic (exact) mass is 428 g/mol. The summed E-state index contributed by atoms with van der Waals surface area (Å²) in [5.74, 6) is 1.68. The third-order valence-electron chi connectivity index (χ3n) is 4.99. The molecule has 0 bridgehead atoms. The lowest BCUT2D eigenvalue weighted by Gasteiger charge is -2.20. The topological polar surface area (TPSA) is 47.6 Å². The number of rotatable bonds is 8. The molecule has 0 N–H and O–H groups in total. The summed E-state index contributed by atoms with van der Waals surface area (Å²) in [5.41, 5.74) is 5.62. The second-order valence-corrected chi connectivity index (χ2v) is 8.82. The molecule has 150 valence electrons. The van der Waals surface area contributed by atoms with Crippen LogP contribution >= 0.6 is 23.5 Å². The third-order valence-corrected chi connectivity index (χ3v) is 7.55. The van der Waals surface area contributed by atoms with Crippen LogP contribution in [0.15, 0.2) is 70.5 Å². The minimum Gasteiger partial charge on any atom is -0.192 e. The molecule has 0 fully saturated rings. The van der Waals surface area contributed by atoms with Crippen molar-refractivity contribution in [1.29, 1.82) is 10.5 Å². The van der Waals surface area contributed by atoms with E-state index in [1.807, 2.05) is 12.1 Å². The van der Waals surface area contributed by atoms with Crippen molar-refractivity contribution in [2.24, 2.45) is 0 Å². The van der Waals surface area contributed by atoms with Gasteiger partial charge in [0.05, 0.1) is 11.1 Å². The van der Waals surface area contributed by atoms with Gasteiger partial charge in [0, 0.05) is 21.3 Å². The van der Waals surface area contributed by atoms with Crippen molar-refractivity contribution < 1.29 is 0 Å². The molecule has 0 saturated heterocycles. The highest BCUT2D eigenvalue weighted by atomic mass is 32.2. The van der Waals surface area contributed by atoms with Gasteiger partial charge in [-0.25, -0.2) is 0 Å². The minimum absolute atomic E-state index is 0.552. The van der Waals surface area contributed by atoms with Crippen molar-refractivity contribution in [3.8, 4) is 12.1 Å². The quantitative estimate of drug-likeness (QED) is 0.358. The first-order valence-corrected chi connectivity index (χ1v) is 12.1. The van der Waals surface area contributed by atoms with Crippen LogP contribution in [0.5, 0.6) is 0 Å². The Morgan fingerprint density at radius 3 is 1.30 bits per heavy atom. The lowest BCUT2D eigenvalue weighted by Crippen LogP contribution is -2.05. The summed E-state index contributed by atoms with van der Waals surface area (Å²) in [7, 11) is 0. The average Bonchev–Trinajstić information content (AvgIpc) is 2.81. The summed E-state index contributed by atoms with van der Waals surface area (Å²) in [6.07, 6.45) is 1.47. The largest absolute Gasteiger partial charge is 0.192 e. The van der Waals surface area contributed by atoms with E-state index in [2.05, 4.69) is 74.5 Å². The zero-order valence-corrected chi connectivity index (χ0v) is 18.9. The summed E-state index contributed by atoms with van der Waals surface area (Å²) in [6, 6.07) is 25.5. The van der Waals surface area contributed by atoms with Crippen molar-refractivity contribution in [2.75, 3.05) is 0 Å². The molecule has 0 aliphatic carbocycles. The molecule has 0 spiro atoms. The van der Waals surface area contributed by atoms with E-state index < -0.39 is 0 Å². The molecule has 3 aromatic carbocycles. The van der Waals surface area contributed by atoms with E-state index >= 15 is 0 Å². The van der Waals surface area contributed by atoms with Gasteiger partial charge in [0.1, 0.15) is 12.1 Å². The molecule has 3 aromatic rings. The van der Waals surface area contributed by atoms with Crippen molar-refractivity contribution in [1.82, 2.24) is 0 Å². The standard InChI is InChI=1S/C26H24N2S2/c1-3-21-23(15-27)24(16-28)22(4-2)26(30-18-20-13-9-6-10-14-20)25(21)29-17-19-11-7-5-8-12-19/h5-14H,3-4,17-18H2,1-2H3. The van der Waals surface area contributed by atoms with E-state index in [-0.39, 0.29) is 0 Å². The van der Waals surface area contributed by atoms with Gasteiger partial charge < -0.3 is 0 Å². The van der Waals surface area contributed by atoms with E-state index in [1.54, 1.807) is 23.5 Å². The van der Waals surface area contributed by atoms with Crippen molar-refractivity contribution in [2.45, 2.75) is 48.0 Å². The zero-order valence-electron chi connectivity index (χ0n) is 17.3. The van der Waals surface area contributed by atoms with Crippen LogP contribution < -0.4 is 0 Å². The zero-order chi connectivity index (χ0) is 21.3. The highest BCUT2D eigenvalue weighted by molar-refractivity contribution is 8.01. The van der Waals surface area contributed by atoms with Crippen molar-refractivity contribution in [3.05, 3.63) is 94.0 Å². The molecule has 4 heteroatoms. The second-order valence-electron chi connectivity index (χ2n) is 6.84. The van der Waals surface area contributed by atoms with E-state index in [0.717, 1.165) is 45.3 Å². The Morgan fingerprint density at radius 2 is 1.00 bits per heavy atom. The smallest absolute Gasteiger partial charge is 0.101 e. The number of benzene rings is 3. The molecular formula is C26H24N2S2. The minimum atomic E-state index is 0.552. The van der Waals surface area contributed by atoms with Gasteiger partial charge in [0.25, 0.3) is 0 Å². The molecule has 0 aliphatic heterocycles. The van der Waals surface area contributed by atoms with Crippen LogP contribution in [-0.4, -0.2) is 0 Å². The first-order chi connectivity index (χ1) is 14.7. The second kappa shape index (κ2) is 10.9. The molecule has 0 saturated carbocycles. The van der Waals surface area contributed by atoms with Gasteiger partial charge in [0.15, 0.2) is 0 Å². The van der Waals surface area contributed by atoms with Gasteiger partial charge in [-0.15, -0.1) is 23.5 Å². The van der Waals surface area contributed by atoms with E-state index in [4.69, 9.17) is 0 Å². The summed E-state index contributed by atoms with van der Waals surface area (Å²) in [4.78, 5) is 2.32. The fraction of sp³-hybridized carbons (Fsp3) is 0.231. The molecule has 0 amide bonds. The van der Waals surface area contributed by atoms with Gasteiger partial charge in [-0.3, -0.25) is 0 Å². The van der Waals surface area contributed by atoms with Crippen LogP contribution in [0.3, 0.4) is 0 Å². The molecule has 2 nitrogen and oxygen atoms in total. The van der Waals surface area contributed by atoms with Crippen LogP contribution in [0.1, 0.15) is 47.2 Å². The average molecular weight is 429 g/mol. The Hall–Kier alpha value is -2.66. The van der Waals surface area contributed by atoms with Gasteiger partial charge in [-0.1, -0.05) is 74.5 Å². The van der Waals surface area contributed by atoms with Crippen LogP contribution in [0.2, 0.25) is 0 Å². The predicted molar refractivity (Wildman–Crippen MR) is 127 cm³/mol. The number of nitrogens with zero attached hydrogens (tertiary/aromatic N) is 2. The first-order valence-electron chi connectivity index (χ1n) is 10.1. The molecule has 0 radical (unpaired) electrons. The van der Waals surface area contributed by atoms with Crippen LogP contribution in [0.4, 0.5) is 0 Å². The molecule has 0 aromatic heterocycles. The molecular weight excluding hydrogens is 404 g/mol. The Bertz CT molecular complexity index is 990. The molecule has 0 aliphatic rings. The van der Waals surface area contributed by atoms with Crippen molar-refractivity contribution >= 4 is 23.5 Å². The Balaban J connectivity index is 2.09. The molecule has 3 rings (SSSR count). The maximum absolute atomic E-state index is 9.87. The maximum Gasteiger partial charge on any atom is 0.101 e. The first kappa shape index (κ1) is 22.0. The summed E-state index contributed by atoms with van der Waals surface area (Å²) >= 11 is 3.57. The Labute approximate surface area is 187 Å². The Morgan fingerprint density at radius 1 is 0.633 bits per heavy atom. The van der Waals surface area contributed by atoms with Gasteiger partial charge in [0.2, 0.25) is 0 Å². The fourth-order valence-corrected chi connectivity index (χ4v) is 6.20. The van der Waals surface area contributed by atoms with Gasteiger partial charge >= 0.3 is 0 Å². The predicted octanol–water partition coefficient (Wildman–Crippen LogP) is 7.14. The fourth-order valence-electron chi connectivity index (χ4n) is 3.49. The van der Waals surface area contributed by atoms with Crippen LogP contribution in [0.25, 0.3) is 0 Å². The number of hydrogen-bond donors (Lipinski definition) is 0. The van der Waals surface area contributed by atoms with Crippen LogP contribution in [-0.2, 0) is 24.3 Å². The number of thioether (sulfide) groups is 2. The highest BCUT2D eigenvalue weighted by Gasteiger charge is 2.23. The summed E-state index contributed by atoms with van der Waals surface area (Å²) in [6.45, 7) is 4.14. The third kappa shape index (κ3) is 4.90. The van der Waals surface area contributed by atoms with E-state index in [0.29, 0.717) is 11.1 Å². The maximum atomic E-state index is 9.87. The molecule has 0 unspecified atom stereocenters. The Kier molecular flexibility index (Phi) is 8.03. The van der Waals surface area contributed by atoms with Gasteiger partial charge in [-0.05, 0) is 35.1 Å². The summed E-state index contributed by atoms with van der Waals surface area (Å²) < 4.78 is 0. The summed E-state index contributed by atoms with van der Waals surface area (Å²) in [5, 5.41) is 19.7. The lowest BCUT2D eigenvalue weighted by molar-refractivity contribution is 0.958. The van der Waals surface area contributed by atoms with Crippen LogP contribution in [0, 0.1) is 22.7 Å². The molecule has 0 atom stereocenters. The number of nitriles is 2. The molecule has 30 heavy (non-hydrogen) atoms. The lowest BCUT2D eigenvalue weighted by atomic mass is 9.94. The SMILES string of the molecule is CCc1c(C#N)c(C#N)c(CC)c(SCc2ccccc2)c1SCc1ccccc1.